The van der Waals surface area contributed by atoms with E-state index >= 15 is 0 Å². The second-order valence-electron chi connectivity index (χ2n) is 4.03. The van der Waals surface area contributed by atoms with E-state index in [1.165, 1.54) is 18.2 Å². The fourth-order valence-corrected chi connectivity index (χ4v) is 2.96. The Labute approximate surface area is 98.8 Å². The average Bonchev–Trinajstić information content (AvgIpc) is 2.65. The number of rotatable bonds is 3. The van der Waals surface area contributed by atoms with Crippen molar-refractivity contribution in [3.63, 3.8) is 0 Å². The summed E-state index contributed by atoms with van der Waals surface area (Å²) in [6, 6.07) is 0. The topological polar surface area (TPSA) is 85.2 Å². The monoisotopic (exact) mass is 243 g/mol. The van der Waals surface area contributed by atoms with Gasteiger partial charge in [-0.25, -0.2) is 0 Å². The summed E-state index contributed by atoms with van der Waals surface area (Å²) in [6.07, 6.45) is 5.08. The molecule has 6 heteroatoms. The van der Waals surface area contributed by atoms with Crippen LogP contribution in [0.1, 0.15) is 38.0 Å². The van der Waals surface area contributed by atoms with Gasteiger partial charge < -0.3 is 15.3 Å². The molecular formula is C10H17N3O2S. The lowest BCUT2D eigenvalue weighted by Gasteiger charge is -2.17. The van der Waals surface area contributed by atoms with E-state index in [2.05, 4.69) is 10.2 Å². The smallest absolute Gasteiger partial charge is 0.276 e. The minimum Gasteiger partial charge on any atom is -0.415 e. The van der Waals surface area contributed by atoms with Gasteiger partial charge >= 0.3 is 0 Å². The van der Waals surface area contributed by atoms with E-state index in [1.807, 2.05) is 0 Å². The van der Waals surface area contributed by atoms with Gasteiger partial charge in [0.25, 0.3) is 5.22 Å². The van der Waals surface area contributed by atoms with E-state index in [-0.39, 0.29) is 17.9 Å². The largest absolute Gasteiger partial charge is 0.415 e. The normalized spacial score (nSPS) is 26.6. The van der Waals surface area contributed by atoms with E-state index in [0.717, 1.165) is 25.7 Å². The van der Waals surface area contributed by atoms with Crippen LogP contribution in [0.25, 0.3) is 0 Å². The van der Waals surface area contributed by atoms with Crippen molar-refractivity contribution in [3.05, 3.63) is 5.89 Å². The van der Waals surface area contributed by atoms with Crippen molar-refractivity contribution in [2.24, 2.45) is 5.73 Å². The molecule has 2 unspecified atom stereocenters. The van der Waals surface area contributed by atoms with Crippen LogP contribution in [0.5, 0.6) is 0 Å². The molecule has 2 rings (SSSR count). The summed E-state index contributed by atoms with van der Waals surface area (Å²) in [5.41, 5.74) is 5.39. The van der Waals surface area contributed by atoms with Crippen LogP contribution in [0.2, 0.25) is 0 Å². The lowest BCUT2D eigenvalue weighted by Crippen LogP contribution is -2.21. The zero-order chi connectivity index (χ0) is 11.4. The van der Waals surface area contributed by atoms with Crippen LogP contribution in [0, 0.1) is 0 Å². The summed E-state index contributed by atoms with van der Waals surface area (Å²) in [4.78, 5) is 0. The molecule has 1 heterocycles. The Bertz CT molecular complexity index is 332. The predicted molar refractivity (Wildman–Crippen MR) is 60.9 cm³/mol. The molecule has 0 aliphatic heterocycles. The molecule has 0 amide bonds. The summed E-state index contributed by atoms with van der Waals surface area (Å²) in [5, 5.41) is 18.3. The SMILES string of the molecule is NCc1nnc(SC2CCCCCC2O)o1. The lowest BCUT2D eigenvalue weighted by atomic mass is 10.1. The van der Waals surface area contributed by atoms with Gasteiger partial charge in [0.15, 0.2) is 0 Å². The average molecular weight is 243 g/mol. The van der Waals surface area contributed by atoms with Crippen molar-refractivity contribution in [3.8, 4) is 0 Å². The van der Waals surface area contributed by atoms with Crippen LogP contribution in [0.15, 0.2) is 9.64 Å². The van der Waals surface area contributed by atoms with Gasteiger partial charge in [-0.1, -0.05) is 31.0 Å². The summed E-state index contributed by atoms with van der Waals surface area (Å²) in [6.45, 7) is 0.265. The molecule has 0 spiro atoms. The molecule has 0 aromatic carbocycles. The van der Waals surface area contributed by atoms with E-state index < -0.39 is 0 Å². The van der Waals surface area contributed by atoms with Crippen molar-refractivity contribution in [2.75, 3.05) is 0 Å². The first-order valence-electron chi connectivity index (χ1n) is 5.67. The van der Waals surface area contributed by atoms with Crippen LogP contribution >= 0.6 is 11.8 Å². The predicted octanol–water partition coefficient (Wildman–Crippen LogP) is 1.31. The third-order valence-corrected chi connectivity index (χ3v) is 4.01. The van der Waals surface area contributed by atoms with Gasteiger partial charge in [-0.15, -0.1) is 10.2 Å². The molecule has 2 atom stereocenters. The van der Waals surface area contributed by atoms with Gasteiger partial charge in [0.2, 0.25) is 5.89 Å². The highest BCUT2D eigenvalue weighted by Crippen LogP contribution is 2.32. The maximum Gasteiger partial charge on any atom is 0.276 e. The molecule has 1 aromatic rings. The highest BCUT2D eigenvalue weighted by atomic mass is 32.2. The van der Waals surface area contributed by atoms with Gasteiger partial charge in [0.1, 0.15) is 0 Å². The number of hydrogen-bond acceptors (Lipinski definition) is 6. The summed E-state index contributed by atoms with van der Waals surface area (Å²) in [7, 11) is 0. The fourth-order valence-electron chi connectivity index (χ4n) is 1.89. The standard InChI is InChI=1S/C10H17N3O2S/c11-6-9-12-13-10(15-9)16-8-5-3-1-2-4-7(8)14/h7-8,14H,1-6,11H2. The molecule has 1 aliphatic carbocycles. The Morgan fingerprint density at radius 1 is 1.31 bits per heavy atom. The first-order valence-corrected chi connectivity index (χ1v) is 6.54. The van der Waals surface area contributed by atoms with Crippen molar-refractivity contribution in [1.29, 1.82) is 0 Å². The third kappa shape index (κ3) is 2.96. The number of nitrogens with two attached hydrogens (primary N) is 1. The minimum absolute atomic E-state index is 0.175. The number of nitrogens with zero attached hydrogens (tertiary/aromatic N) is 2. The Morgan fingerprint density at radius 3 is 2.88 bits per heavy atom. The molecule has 5 nitrogen and oxygen atoms in total. The van der Waals surface area contributed by atoms with Crippen molar-refractivity contribution < 1.29 is 9.52 Å². The molecule has 1 fully saturated rings. The maximum atomic E-state index is 9.94. The van der Waals surface area contributed by atoms with Crippen LogP contribution in [-0.2, 0) is 6.54 Å². The van der Waals surface area contributed by atoms with Gasteiger partial charge in [0.05, 0.1) is 12.6 Å². The first kappa shape index (κ1) is 11.9. The molecule has 16 heavy (non-hydrogen) atoms. The molecule has 0 radical (unpaired) electrons. The Morgan fingerprint density at radius 2 is 2.12 bits per heavy atom. The summed E-state index contributed by atoms with van der Waals surface area (Å²) >= 11 is 1.48. The number of aliphatic hydroxyl groups excluding tert-OH is 1. The van der Waals surface area contributed by atoms with E-state index in [4.69, 9.17) is 10.2 Å². The highest BCUT2D eigenvalue weighted by Gasteiger charge is 2.24. The van der Waals surface area contributed by atoms with Crippen molar-refractivity contribution >= 4 is 11.8 Å². The number of aromatic nitrogens is 2. The molecule has 0 bridgehead atoms. The Balaban J connectivity index is 1.96. The van der Waals surface area contributed by atoms with E-state index in [0.29, 0.717) is 11.1 Å². The van der Waals surface area contributed by atoms with Gasteiger partial charge in [-0.3, -0.25) is 0 Å². The molecule has 90 valence electrons. The lowest BCUT2D eigenvalue weighted by molar-refractivity contribution is 0.163. The minimum atomic E-state index is -0.263. The molecule has 1 saturated carbocycles. The molecular weight excluding hydrogens is 226 g/mol. The maximum absolute atomic E-state index is 9.94. The highest BCUT2D eigenvalue weighted by molar-refractivity contribution is 7.99. The molecule has 1 aliphatic rings. The quantitative estimate of drug-likeness (QED) is 0.779. The van der Waals surface area contributed by atoms with Gasteiger partial charge in [0, 0.05) is 5.25 Å². The Kier molecular flexibility index (Phi) is 4.20. The zero-order valence-electron chi connectivity index (χ0n) is 9.13. The molecule has 1 aromatic heterocycles. The molecule has 0 saturated heterocycles. The molecule has 3 N–H and O–H groups in total. The van der Waals surface area contributed by atoms with Gasteiger partial charge in [-0.2, -0.15) is 0 Å². The van der Waals surface area contributed by atoms with E-state index in [9.17, 15) is 5.11 Å². The van der Waals surface area contributed by atoms with Crippen LogP contribution < -0.4 is 5.73 Å². The first-order chi connectivity index (χ1) is 7.79. The van der Waals surface area contributed by atoms with E-state index in [1.54, 1.807) is 0 Å². The second kappa shape index (κ2) is 5.65. The summed E-state index contributed by atoms with van der Waals surface area (Å²) in [5.74, 6) is 0.450. The second-order valence-corrected chi connectivity index (χ2v) is 5.22. The van der Waals surface area contributed by atoms with Crippen molar-refractivity contribution in [1.82, 2.24) is 10.2 Å². The van der Waals surface area contributed by atoms with Crippen LogP contribution in [-0.4, -0.2) is 26.7 Å². The number of aliphatic hydroxyl groups is 1. The third-order valence-electron chi connectivity index (χ3n) is 2.79. The number of hydrogen-bond donors (Lipinski definition) is 2. The van der Waals surface area contributed by atoms with Crippen molar-refractivity contribution in [2.45, 2.75) is 55.2 Å². The van der Waals surface area contributed by atoms with Crippen LogP contribution in [0.4, 0.5) is 0 Å². The van der Waals surface area contributed by atoms with Gasteiger partial charge in [-0.05, 0) is 12.8 Å². The summed E-state index contributed by atoms with van der Waals surface area (Å²) < 4.78 is 5.33. The number of thioether (sulfide) groups is 1. The fraction of sp³-hybridized carbons (Fsp3) is 0.800. The van der Waals surface area contributed by atoms with Crippen LogP contribution in [0.3, 0.4) is 0 Å². The Hall–Kier alpha value is -0.590. The zero-order valence-corrected chi connectivity index (χ0v) is 9.95.